The Morgan fingerprint density at radius 2 is 1.29 bits per heavy atom. The summed E-state index contributed by atoms with van der Waals surface area (Å²) >= 11 is 0. The maximum atomic E-state index is 4.93. The van der Waals surface area contributed by atoms with Crippen LogP contribution in [-0.4, -0.2) is 21.5 Å². The molecule has 3 heterocycles. The maximum absolute atomic E-state index is 4.93. The summed E-state index contributed by atoms with van der Waals surface area (Å²) in [4.78, 5) is 9.84. The van der Waals surface area contributed by atoms with E-state index in [0.717, 1.165) is 61.6 Å². The molecule has 0 atom stereocenters. The van der Waals surface area contributed by atoms with Crippen LogP contribution >= 0.6 is 0 Å². The van der Waals surface area contributed by atoms with Gasteiger partial charge < -0.3 is 4.57 Å². The zero-order valence-corrected chi connectivity index (χ0v) is 31.4. The molecule has 258 valence electrons. The number of hydrogen-bond donors (Lipinski definition) is 0. The van der Waals surface area contributed by atoms with E-state index in [1.807, 2.05) is 29.4 Å². The molecule has 0 radical (unpaired) electrons. The number of benzene rings is 6. The zero-order chi connectivity index (χ0) is 34.5. The Hall–Kier alpha value is -5.48. The normalized spacial score (nSPS) is 12.8. The molecule has 2 aromatic heterocycles. The van der Waals surface area contributed by atoms with Crippen molar-refractivity contribution in [2.75, 3.05) is 17.2 Å². The summed E-state index contributed by atoms with van der Waals surface area (Å²) in [5, 5.41) is 6.20. The second kappa shape index (κ2) is 13.6. The van der Waals surface area contributed by atoms with E-state index >= 15 is 0 Å². The fourth-order valence-corrected chi connectivity index (χ4v) is 7.70. The second-order valence-corrected chi connectivity index (χ2v) is 13.4. The molecule has 1 aliphatic rings. The molecule has 0 fully saturated rings. The van der Waals surface area contributed by atoms with Crippen molar-refractivity contribution in [3.05, 3.63) is 198 Å². The van der Waals surface area contributed by atoms with Crippen LogP contribution in [0.4, 0.5) is 17.1 Å². The fourth-order valence-electron chi connectivity index (χ4n) is 7.70. The first-order valence-corrected chi connectivity index (χ1v) is 17.4. The molecule has 6 heteroatoms. The van der Waals surface area contributed by atoms with E-state index in [-0.39, 0.29) is 21.1 Å². The Balaban J connectivity index is 0.00000387. The topological polar surface area (TPSA) is 37.1 Å². The van der Waals surface area contributed by atoms with Crippen molar-refractivity contribution in [1.29, 1.82) is 0 Å². The molecule has 6 aromatic carbocycles. The van der Waals surface area contributed by atoms with Gasteiger partial charge in [0.1, 0.15) is 17.2 Å². The summed E-state index contributed by atoms with van der Waals surface area (Å²) in [6.07, 6.45) is 1.92. The Morgan fingerprint density at radius 1 is 0.635 bits per heavy atom. The fraction of sp³-hybridized carbons (Fsp3) is 0.109. The molecule has 8 aromatic rings. The first-order chi connectivity index (χ1) is 25.0. The number of pyridine rings is 1. The molecule has 0 saturated heterocycles. The Kier molecular flexibility index (Phi) is 8.78. The molecule has 1 aliphatic heterocycles. The minimum absolute atomic E-state index is 0. The average Bonchev–Trinajstić information content (AvgIpc) is 3.70. The van der Waals surface area contributed by atoms with Crippen LogP contribution in [0.25, 0.3) is 27.6 Å². The average molecular weight is 857 g/mol. The van der Waals surface area contributed by atoms with Gasteiger partial charge >= 0.3 is 0 Å². The van der Waals surface area contributed by atoms with Crippen LogP contribution in [0.5, 0.6) is 0 Å². The number of hydroxylamine groups is 1. The number of para-hydroxylation sites is 3. The van der Waals surface area contributed by atoms with Gasteiger partial charge in [-0.25, -0.2) is 4.98 Å². The second-order valence-electron chi connectivity index (χ2n) is 13.4. The molecule has 0 aliphatic carbocycles. The third kappa shape index (κ3) is 5.35. The first-order valence-electron chi connectivity index (χ1n) is 17.4. The van der Waals surface area contributed by atoms with Crippen LogP contribution in [0, 0.1) is 12.1 Å². The largest absolute Gasteiger partial charge is 0.319 e. The quantitative estimate of drug-likeness (QED) is 0.0910. The SMILES string of the molecule is CC(C)c1ccnc(-n2c3[c-]c(C(c4[c-]c(N5[OH+]N(C)c6ccccc65)ccc4)(c4ccccc4)c4ccccc4)ccc3c3ccccc32)c1.[Pt]. The third-order valence-electron chi connectivity index (χ3n) is 10.2. The smallest absolute Gasteiger partial charge is 0.145 e. The number of fused-ring (bicyclic) bond motifs is 4. The number of aromatic nitrogens is 2. The van der Waals surface area contributed by atoms with Crippen LogP contribution < -0.4 is 10.1 Å². The maximum Gasteiger partial charge on any atom is 0.145 e. The summed E-state index contributed by atoms with van der Waals surface area (Å²) in [6.45, 7) is 4.44. The molecule has 1 N–H and O–H groups in total. The minimum Gasteiger partial charge on any atom is -0.319 e. The zero-order valence-electron chi connectivity index (χ0n) is 29.1. The third-order valence-corrected chi connectivity index (χ3v) is 10.2. The number of hydrogen-bond acceptors (Lipinski definition) is 3. The van der Waals surface area contributed by atoms with E-state index in [9.17, 15) is 0 Å². The Morgan fingerprint density at radius 3 is 2.02 bits per heavy atom. The van der Waals surface area contributed by atoms with Crippen LogP contribution in [0.15, 0.2) is 158 Å². The molecule has 0 amide bonds. The monoisotopic (exact) mass is 856 g/mol. The molecular weight excluding hydrogens is 820 g/mol. The van der Waals surface area contributed by atoms with Gasteiger partial charge in [-0.05, 0) is 58.3 Å². The first kappa shape index (κ1) is 33.7. The van der Waals surface area contributed by atoms with E-state index in [2.05, 4.69) is 176 Å². The van der Waals surface area contributed by atoms with Crippen molar-refractivity contribution < 1.29 is 26.0 Å². The summed E-state index contributed by atoms with van der Waals surface area (Å²) in [5.41, 5.74) is 9.76. The van der Waals surface area contributed by atoms with Crippen LogP contribution in [0.2, 0.25) is 0 Å². The van der Waals surface area contributed by atoms with Crippen molar-refractivity contribution in [2.45, 2.75) is 25.2 Å². The van der Waals surface area contributed by atoms with E-state index in [1.165, 1.54) is 10.9 Å². The van der Waals surface area contributed by atoms with Crippen molar-refractivity contribution in [1.82, 2.24) is 9.55 Å². The van der Waals surface area contributed by atoms with Gasteiger partial charge in [-0.1, -0.05) is 110 Å². The summed E-state index contributed by atoms with van der Waals surface area (Å²) in [5.74, 6) is 1.26. The van der Waals surface area contributed by atoms with Gasteiger partial charge in [0, 0.05) is 43.9 Å². The van der Waals surface area contributed by atoms with Gasteiger partial charge in [0.25, 0.3) is 0 Å². The summed E-state index contributed by atoms with van der Waals surface area (Å²) in [7, 11) is 1.98. The van der Waals surface area contributed by atoms with E-state index in [0.29, 0.717) is 5.92 Å². The molecule has 0 bridgehead atoms. The van der Waals surface area contributed by atoms with Crippen molar-refractivity contribution >= 4 is 38.9 Å². The predicted octanol–water partition coefficient (Wildman–Crippen LogP) is 10.7. The molecule has 5 nitrogen and oxygen atoms in total. The van der Waals surface area contributed by atoms with Gasteiger partial charge in [0.15, 0.2) is 0 Å². The Bertz CT molecular complexity index is 2490. The number of anilines is 3. The van der Waals surface area contributed by atoms with Crippen molar-refractivity contribution in [2.24, 2.45) is 0 Å². The molecule has 0 spiro atoms. The van der Waals surface area contributed by atoms with Gasteiger partial charge in [0.05, 0.1) is 7.05 Å². The Labute approximate surface area is 318 Å². The number of nitrogens with zero attached hydrogens (tertiary/aromatic N) is 4. The van der Waals surface area contributed by atoms with Crippen molar-refractivity contribution in [3.8, 4) is 5.82 Å². The standard InChI is InChI=1S/C46H36N4O.Pt/c1-32(2)33-27-28-47-45(29-33)49-41-22-11-10-21-39(41)40-26-25-37(31-44(40)49)46(34-15-6-4-7-16-34,35-17-8-5-9-18-35)36-19-14-20-38(30-36)50-43-24-13-12-23-42(43)48(3)51-50;/h4-29,32H,1-3H3;/q-2;/p+1. The summed E-state index contributed by atoms with van der Waals surface area (Å²) < 4.78 is 2.27. The van der Waals surface area contributed by atoms with E-state index < -0.39 is 5.41 Å². The van der Waals surface area contributed by atoms with Gasteiger partial charge in [0.2, 0.25) is 0 Å². The molecule has 0 unspecified atom stereocenters. The van der Waals surface area contributed by atoms with E-state index in [1.54, 1.807) is 0 Å². The molecule has 9 rings (SSSR count). The number of rotatable bonds is 7. The van der Waals surface area contributed by atoms with Gasteiger partial charge in [-0.3, -0.25) is 0 Å². The molecule has 52 heavy (non-hydrogen) atoms. The van der Waals surface area contributed by atoms with Crippen LogP contribution in [0.3, 0.4) is 0 Å². The molecular formula is C46H37N4OPt-. The predicted molar refractivity (Wildman–Crippen MR) is 207 cm³/mol. The van der Waals surface area contributed by atoms with Gasteiger partial charge in [-0.15, -0.1) is 38.8 Å². The van der Waals surface area contributed by atoms with Crippen LogP contribution in [0.1, 0.15) is 47.6 Å². The van der Waals surface area contributed by atoms with Crippen LogP contribution in [-0.2, 0) is 26.5 Å². The van der Waals surface area contributed by atoms with E-state index in [4.69, 9.17) is 9.92 Å². The van der Waals surface area contributed by atoms with Crippen molar-refractivity contribution in [3.63, 3.8) is 0 Å². The molecule has 0 saturated carbocycles. The summed E-state index contributed by atoms with van der Waals surface area (Å²) in [6, 6.07) is 61.6. The van der Waals surface area contributed by atoms with Gasteiger partial charge in [-0.2, -0.15) is 35.3 Å². The minimum atomic E-state index is -0.771.